The van der Waals surface area contributed by atoms with Gasteiger partial charge in [-0.3, -0.25) is 18.7 Å². The summed E-state index contributed by atoms with van der Waals surface area (Å²) < 4.78 is 31.6. The van der Waals surface area contributed by atoms with E-state index < -0.39 is 10.4 Å². The molecule has 0 aromatic carbocycles. The highest BCUT2D eigenvalue weighted by molar-refractivity contribution is 7.79. The van der Waals surface area contributed by atoms with Gasteiger partial charge in [0.2, 0.25) is 11.8 Å². The van der Waals surface area contributed by atoms with E-state index in [4.69, 9.17) is 17.5 Å². The number of hydrogen-bond acceptors (Lipinski definition) is 6. The van der Waals surface area contributed by atoms with Crippen molar-refractivity contribution in [3.8, 4) is 0 Å². The van der Waals surface area contributed by atoms with Crippen molar-refractivity contribution < 1.29 is 27.1 Å². The van der Waals surface area contributed by atoms with Crippen LogP contribution in [0.25, 0.3) is 0 Å². The molecule has 25 heavy (non-hydrogen) atoms. The van der Waals surface area contributed by atoms with Gasteiger partial charge in [0.15, 0.2) is 0 Å². The van der Waals surface area contributed by atoms with Gasteiger partial charge in [0, 0.05) is 25.2 Å². The predicted molar refractivity (Wildman–Crippen MR) is 97.6 cm³/mol. The summed E-state index contributed by atoms with van der Waals surface area (Å²) in [6, 6.07) is 0.325. The van der Waals surface area contributed by atoms with Crippen LogP contribution < -0.4 is 21.3 Å². The number of carbonyl (C=O) groups is 2. The molecule has 0 radical (unpaired) electrons. The van der Waals surface area contributed by atoms with E-state index in [1.165, 1.54) is 12.2 Å². The fraction of sp³-hybridized carbons (Fsp3) is 0.571. The number of hydrogen-bond donors (Lipinski definition) is 6. The second-order valence-corrected chi connectivity index (χ2v) is 5.69. The van der Waals surface area contributed by atoms with Gasteiger partial charge in [0.05, 0.1) is 0 Å². The number of carbonyl (C=O) groups excluding carboxylic acids is 2. The Hall–Kier alpha value is -1.79. The van der Waals surface area contributed by atoms with E-state index in [-0.39, 0.29) is 23.9 Å². The Morgan fingerprint density at radius 3 is 1.32 bits per heavy atom. The maximum Gasteiger partial charge on any atom is 0.394 e. The molecular weight excluding hydrogens is 352 g/mol. The van der Waals surface area contributed by atoms with Gasteiger partial charge >= 0.3 is 10.4 Å². The quantitative estimate of drug-likeness (QED) is 0.234. The van der Waals surface area contributed by atoms with E-state index >= 15 is 0 Å². The monoisotopic (exact) mass is 382 g/mol. The van der Waals surface area contributed by atoms with E-state index in [1.54, 1.807) is 0 Å². The van der Waals surface area contributed by atoms with Crippen LogP contribution in [0, 0.1) is 0 Å². The van der Waals surface area contributed by atoms with E-state index in [9.17, 15) is 9.59 Å². The third-order valence-electron chi connectivity index (χ3n) is 2.17. The minimum atomic E-state index is -4.67. The van der Waals surface area contributed by atoms with Gasteiger partial charge in [-0.1, -0.05) is 13.2 Å². The van der Waals surface area contributed by atoms with Crippen molar-refractivity contribution in [2.75, 3.05) is 27.2 Å². The molecule has 0 aromatic rings. The Labute approximate surface area is 149 Å². The second-order valence-electron chi connectivity index (χ2n) is 4.79. The topological polar surface area (TPSA) is 157 Å². The summed E-state index contributed by atoms with van der Waals surface area (Å²) >= 11 is 0. The Morgan fingerprint density at radius 2 is 1.16 bits per heavy atom. The van der Waals surface area contributed by atoms with Crippen molar-refractivity contribution in [2.45, 2.75) is 25.9 Å². The summed E-state index contributed by atoms with van der Waals surface area (Å²) in [5, 5.41) is 11.3. The molecule has 0 saturated heterocycles. The van der Waals surface area contributed by atoms with Crippen molar-refractivity contribution in [1.82, 2.24) is 21.3 Å². The summed E-state index contributed by atoms with van der Waals surface area (Å²) in [6.07, 6.45) is 2.54. The van der Waals surface area contributed by atoms with E-state index in [2.05, 4.69) is 34.4 Å². The Morgan fingerprint density at radius 1 is 0.920 bits per heavy atom. The predicted octanol–water partition coefficient (Wildman–Crippen LogP) is -0.860. The fourth-order valence-electron chi connectivity index (χ4n) is 1.32. The van der Waals surface area contributed by atoms with Gasteiger partial charge in [0.1, 0.15) is 0 Å². The molecule has 6 N–H and O–H groups in total. The van der Waals surface area contributed by atoms with Crippen LogP contribution in [0.4, 0.5) is 0 Å². The molecule has 0 heterocycles. The van der Waals surface area contributed by atoms with Crippen LogP contribution in [0.5, 0.6) is 0 Å². The zero-order valence-corrected chi connectivity index (χ0v) is 15.9. The smallest absolute Gasteiger partial charge is 0.349 e. The van der Waals surface area contributed by atoms with E-state index in [1.807, 2.05) is 27.9 Å². The van der Waals surface area contributed by atoms with Gasteiger partial charge in [0.25, 0.3) is 0 Å². The minimum Gasteiger partial charge on any atom is -0.349 e. The number of rotatable bonds is 8. The third-order valence-corrected chi connectivity index (χ3v) is 2.17. The molecule has 2 amide bonds. The van der Waals surface area contributed by atoms with Crippen molar-refractivity contribution in [3.63, 3.8) is 0 Å². The molecule has 0 aliphatic heterocycles. The molecule has 0 aliphatic carbocycles. The number of nitrogens with one attached hydrogen (secondary N) is 4. The largest absolute Gasteiger partial charge is 0.394 e. The summed E-state index contributed by atoms with van der Waals surface area (Å²) in [6.45, 7) is 12.1. The average molecular weight is 382 g/mol. The molecule has 148 valence electrons. The first kappa shape index (κ1) is 28.0. The van der Waals surface area contributed by atoms with Crippen LogP contribution in [0.2, 0.25) is 0 Å². The number of likely N-dealkylation sites (N-methyl/N-ethyl adjacent to an activating group) is 2. The van der Waals surface area contributed by atoms with Gasteiger partial charge < -0.3 is 21.3 Å². The van der Waals surface area contributed by atoms with Gasteiger partial charge in [-0.05, 0) is 40.1 Å². The lowest BCUT2D eigenvalue weighted by Crippen LogP contribution is -2.37. The first-order valence-electron chi connectivity index (χ1n) is 7.26. The van der Waals surface area contributed by atoms with Gasteiger partial charge in [-0.2, -0.15) is 8.42 Å². The molecule has 0 saturated carbocycles. The molecule has 2 atom stereocenters. The maximum absolute atomic E-state index is 10.6. The normalized spacial score (nSPS) is 12.1. The highest BCUT2D eigenvalue weighted by atomic mass is 32.3. The third kappa shape index (κ3) is 34.5. The molecule has 0 aliphatic rings. The average Bonchev–Trinajstić information content (AvgIpc) is 2.46. The van der Waals surface area contributed by atoms with Crippen molar-refractivity contribution >= 4 is 22.2 Å². The Bertz CT molecular complexity index is 458. The molecule has 0 bridgehead atoms. The summed E-state index contributed by atoms with van der Waals surface area (Å²) in [5.74, 6) is -0.245. The summed E-state index contributed by atoms with van der Waals surface area (Å²) in [7, 11) is -0.979. The molecule has 11 heteroatoms. The molecule has 0 fully saturated rings. The minimum absolute atomic E-state index is 0.122. The SMILES string of the molecule is C=CC(=O)NC(C)CNC.C=CC(=O)NC(C)CNC.O=S(=O)(O)O. The molecule has 10 nitrogen and oxygen atoms in total. The molecular formula is C14H30N4O6S. The van der Waals surface area contributed by atoms with Crippen molar-refractivity contribution in [2.24, 2.45) is 0 Å². The standard InChI is InChI=1S/2C7H14N2O.H2O4S/c2*1-4-7(10)9-6(2)5-8-3;1-5(2,3)4/h2*4,6,8H,1,5H2,2-3H3,(H,9,10);(H2,1,2,3,4). The van der Waals surface area contributed by atoms with E-state index in [0.717, 1.165) is 13.1 Å². The Kier molecular flexibility index (Phi) is 19.1. The molecule has 2 unspecified atom stereocenters. The molecule has 0 spiro atoms. The van der Waals surface area contributed by atoms with Crippen LogP contribution >= 0.6 is 0 Å². The highest BCUT2D eigenvalue weighted by Gasteiger charge is 2.01. The number of amides is 2. The second kappa shape index (κ2) is 17.0. The van der Waals surface area contributed by atoms with Crippen molar-refractivity contribution in [1.29, 1.82) is 0 Å². The highest BCUT2D eigenvalue weighted by Crippen LogP contribution is 1.78. The first-order chi connectivity index (χ1) is 11.4. The van der Waals surface area contributed by atoms with Crippen LogP contribution in [0.1, 0.15) is 13.8 Å². The summed E-state index contributed by atoms with van der Waals surface area (Å²) in [5.41, 5.74) is 0. The summed E-state index contributed by atoms with van der Waals surface area (Å²) in [4.78, 5) is 21.3. The van der Waals surface area contributed by atoms with E-state index in [0.29, 0.717) is 0 Å². The zero-order chi connectivity index (χ0) is 20.5. The molecule has 0 rings (SSSR count). The van der Waals surface area contributed by atoms with Crippen LogP contribution in [0.15, 0.2) is 25.3 Å². The van der Waals surface area contributed by atoms with Gasteiger partial charge in [-0.15, -0.1) is 0 Å². The lowest BCUT2D eigenvalue weighted by atomic mass is 10.3. The van der Waals surface area contributed by atoms with Crippen molar-refractivity contribution in [3.05, 3.63) is 25.3 Å². The van der Waals surface area contributed by atoms with Gasteiger partial charge in [-0.25, -0.2) is 0 Å². The zero-order valence-electron chi connectivity index (χ0n) is 15.1. The lowest BCUT2D eigenvalue weighted by Gasteiger charge is -2.10. The van der Waals surface area contributed by atoms with Crippen LogP contribution in [0.3, 0.4) is 0 Å². The lowest BCUT2D eigenvalue weighted by molar-refractivity contribution is -0.117. The first-order valence-corrected chi connectivity index (χ1v) is 8.65. The van der Waals surface area contributed by atoms with Crippen LogP contribution in [-0.2, 0) is 20.0 Å². The Balaban J connectivity index is -0.000000308. The molecule has 0 aromatic heterocycles. The van der Waals surface area contributed by atoms with Crippen LogP contribution in [-0.4, -0.2) is 68.6 Å². The maximum atomic E-state index is 10.6. The fourth-order valence-corrected chi connectivity index (χ4v) is 1.32.